The number of nitrogens with one attached hydrogen (secondary N) is 2. The van der Waals surface area contributed by atoms with Crippen molar-refractivity contribution >= 4 is 5.91 Å². The van der Waals surface area contributed by atoms with E-state index in [4.69, 9.17) is 0 Å². The number of hydrogen-bond donors (Lipinski definition) is 2. The highest BCUT2D eigenvalue weighted by Crippen LogP contribution is 2.16. The molecule has 1 saturated heterocycles. The molecule has 1 amide bonds. The maximum Gasteiger partial charge on any atom is 0.223 e. The second kappa shape index (κ2) is 7.67. The zero-order chi connectivity index (χ0) is 12.7. The molecule has 1 unspecified atom stereocenters. The van der Waals surface area contributed by atoms with E-state index < -0.39 is 0 Å². The molecule has 0 radical (unpaired) electrons. The van der Waals surface area contributed by atoms with Gasteiger partial charge in [0.05, 0.1) is 0 Å². The summed E-state index contributed by atoms with van der Waals surface area (Å²) in [7, 11) is 3.81. The van der Waals surface area contributed by atoms with Crippen LogP contribution in [0.25, 0.3) is 0 Å². The van der Waals surface area contributed by atoms with E-state index in [0.717, 1.165) is 19.0 Å². The number of amides is 1. The van der Waals surface area contributed by atoms with Gasteiger partial charge in [-0.1, -0.05) is 6.92 Å². The Balaban J connectivity index is 2.15. The van der Waals surface area contributed by atoms with Crippen LogP contribution >= 0.6 is 0 Å². The number of rotatable bonds is 6. The van der Waals surface area contributed by atoms with E-state index in [9.17, 15) is 4.79 Å². The Morgan fingerprint density at radius 1 is 1.47 bits per heavy atom. The summed E-state index contributed by atoms with van der Waals surface area (Å²) in [4.78, 5) is 13.7. The van der Waals surface area contributed by atoms with Gasteiger partial charge in [0.15, 0.2) is 0 Å². The summed E-state index contributed by atoms with van der Waals surface area (Å²) in [6.45, 7) is 6.28. The standard InChI is InChI=1S/C13H27N3O/c1-11(13(17)14-2)10-16(3)9-6-12-4-7-15-8-5-12/h11-12,15H,4-10H2,1-3H3,(H,14,17). The minimum absolute atomic E-state index is 0.0815. The van der Waals surface area contributed by atoms with E-state index in [1.165, 1.54) is 32.4 Å². The molecule has 2 N–H and O–H groups in total. The van der Waals surface area contributed by atoms with Crippen LogP contribution in [0.2, 0.25) is 0 Å². The number of piperidine rings is 1. The molecule has 0 aliphatic carbocycles. The second-order valence-electron chi connectivity index (χ2n) is 5.26. The van der Waals surface area contributed by atoms with Crippen molar-refractivity contribution in [2.24, 2.45) is 11.8 Å². The van der Waals surface area contributed by atoms with Crippen molar-refractivity contribution in [3.63, 3.8) is 0 Å². The highest BCUT2D eigenvalue weighted by atomic mass is 16.1. The zero-order valence-corrected chi connectivity index (χ0v) is 11.5. The Bertz CT molecular complexity index is 227. The van der Waals surface area contributed by atoms with E-state index in [2.05, 4.69) is 22.6 Å². The number of carbonyl (C=O) groups is 1. The second-order valence-corrected chi connectivity index (χ2v) is 5.26. The molecule has 1 aliphatic rings. The van der Waals surface area contributed by atoms with Crippen LogP contribution in [0, 0.1) is 11.8 Å². The van der Waals surface area contributed by atoms with Crippen LogP contribution in [0.15, 0.2) is 0 Å². The molecule has 0 saturated carbocycles. The molecule has 4 nitrogen and oxygen atoms in total. The van der Waals surface area contributed by atoms with Crippen LogP contribution in [0.1, 0.15) is 26.2 Å². The minimum atomic E-state index is 0.0815. The lowest BCUT2D eigenvalue weighted by molar-refractivity contribution is -0.124. The van der Waals surface area contributed by atoms with Gasteiger partial charge in [-0.05, 0) is 51.9 Å². The molecule has 100 valence electrons. The quantitative estimate of drug-likeness (QED) is 0.719. The van der Waals surface area contributed by atoms with Gasteiger partial charge in [-0.2, -0.15) is 0 Å². The van der Waals surface area contributed by atoms with Gasteiger partial charge in [0.1, 0.15) is 0 Å². The van der Waals surface area contributed by atoms with Crippen LogP contribution in [-0.2, 0) is 4.79 Å². The summed E-state index contributed by atoms with van der Waals surface area (Å²) in [5.41, 5.74) is 0. The fraction of sp³-hybridized carbons (Fsp3) is 0.923. The molecular formula is C13H27N3O. The van der Waals surface area contributed by atoms with Gasteiger partial charge in [-0.3, -0.25) is 4.79 Å². The molecule has 0 aromatic heterocycles. The number of hydrogen-bond acceptors (Lipinski definition) is 3. The molecule has 0 aromatic rings. The van der Waals surface area contributed by atoms with Crippen LogP contribution in [-0.4, -0.2) is 51.1 Å². The summed E-state index contributed by atoms with van der Waals surface area (Å²) in [5.74, 6) is 1.09. The van der Waals surface area contributed by atoms with E-state index in [0.29, 0.717) is 0 Å². The maximum atomic E-state index is 11.4. The van der Waals surface area contributed by atoms with Crippen molar-refractivity contribution in [1.82, 2.24) is 15.5 Å². The van der Waals surface area contributed by atoms with Gasteiger partial charge in [0.25, 0.3) is 0 Å². The monoisotopic (exact) mass is 241 g/mol. The van der Waals surface area contributed by atoms with Gasteiger partial charge in [-0.15, -0.1) is 0 Å². The van der Waals surface area contributed by atoms with Crippen LogP contribution in [0.4, 0.5) is 0 Å². The number of nitrogens with zero attached hydrogens (tertiary/aromatic N) is 1. The summed E-state index contributed by atoms with van der Waals surface area (Å²) in [5, 5.41) is 6.09. The molecule has 0 aromatic carbocycles. The Kier molecular flexibility index (Phi) is 6.52. The smallest absolute Gasteiger partial charge is 0.223 e. The van der Waals surface area contributed by atoms with E-state index in [1.54, 1.807) is 7.05 Å². The normalized spacial score (nSPS) is 19.3. The first-order valence-electron chi connectivity index (χ1n) is 6.74. The van der Waals surface area contributed by atoms with Gasteiger partial charge in [0, 0.05) is 19.5 Å². The average Bonchev–Trinajstić information content (AvgIpc) is 2.36. The molecule has 17 heavy (non-hydrogen) atoms. The van der Waals surface area contributed by atoms with Crippen molar-refractivity contribution < 1.29 is 4.79 Å². The summed E-state index contributed by atoms with van der Waals surface area (Å²) in [6.07, 6.45) is 3.87. The van der Waals surface area contributed by atoms with E-state index in [-0.39, 0.29) is 11.8 Å². The third-order valence-electron chi connectivity index (χ3n) is 3.66. The third kappa shape index (κ3) is 5.50. The maximum absolute atomic E-state index is 11.4. The number of carbonyl (C=O) groups excluding carboxylic acids is 1. The summed E-state index contributed by atoms with van der Waals surface area (Å²) >= 11 is 0. The molecule has 1 atom stereocenters. The Morgan fingerprint density at radius 3 is 2.71 bits per heavy atom. The van der Waals surface area contributed by atoms with Gasteiger partial charge in [-0.25, -0.2) is 0 Å². The molecule has 0 spiro atoms. The lowest BCUT2D eigenvalue weighted by Gasteiger charge is -2.26. The third-order valence-corrected chi connectivity index (χ3v) is 3.66. The predicted octanol–water partition coefficient (Wildman–Crippen LogP) is 0.690. The average molecular weight is 241 g/mol. The molecule has 0 bridgehead atoms. The van der Waals surface area contributed by atoms with Crippen LogP contribution < -0.4 is 10.6 Å². The SMILES string of the molecule is CNC(=O)C(C)CN(C)CCC1CCNCC1. The summed E-state index contributed by atoms with van der Waals surface area (Å²) < 4.78 is 0. The molecule has 1 rings (SSSR count). The molecule has 1 heterocycles. The van der Waals surface area contributed by atoms with Crippen LogP contribution in [0.5, 0.6) is 0 Å². The molecule has 1 aliphatic heterocycles. The lowest BCUT2D eigenvalue weighted by Crippen LogP contribution is -2.36. The predicted molar refractivity (Wildman–Crippen MR) is 70.9 cm³/mol. The molecule has 4 heteroatoms. The van der Waals surface area contributed by atoms with Gasteiger partial charge in [0.2, 0.25) is 5.91 Å². The van der Waals surface area contributed by atoms with E-state index in [1.807, 2.05) is 6.92 Å². The zero-order valence-electron chi connectivity index (χ0n) is 11.5. The fourth-order valence-corrected chi connectivity index (χ4v) is 2.46. The first-order valence-corrected chi connectivity index (χ1v) is 6.74. The van der Waals surface area contributed by atoms with Crippen molar-refractivity contribution in [1.29, 1.82) is 0 Å². The van der Waals surface area contributed by atoms with Crippen molar-refractivity contribution in [3.8, 4) is 0 Å². The van der Waals surface area contributed by atoms with E-state index >= 15 is 0 Å². The highest BCUT2D eigenvalue weighted by molar-refractivity contribution is 5.78. The first-order chi connectivity index (χ1) is 8.13. The van der Waals surface area contributed by atoms with Gasteiger partial charge >= 0.3 is 0 Å². The van der Waals surface area contributed by atoms with Gasteiger partial charge < -0.3 is 15.5 Å². The van der Waals surface area contributed by atoms with Crippen molar-refractivity contribution in [2.75, 3.05) is 40.3 Å². The Hall–Kier alpha value is -0.610. The van der Waals surface area contributed by atoms with Crippen molar-refractivity contribution in [3.05, 3.63) is 0 Å². The molecule has 1 fully saturated rings. The largest absolute Gasteiger partial charge is 0.359 e. The topological polar surface area (TPSA) is 44.4 Å². The Labute approximate surface area is 105 Å². The first kappa shape index (κ1) is 14.5. The molecular weight excluding hydrogens is 214 g/mol. The summed E-state index contributed by atoms with van der Waals surface area (Å²) in [6, 6.07) is 0. The van der Waals surface area contributed by atoms with Crippen LogP contribution in [0.3, 0.4) is 0 Å². The highest BCUT2D eigenvalue weighted by Gasteiger charge is 2.16. The Morgan fingerprint density at radius 2 is 2.12 bits per heavy atom. The fourth-order valence-electron chi connectivity index (χ4n) is 2.46. The minimum Gasteiger partial charge on any atom is -0.359 e. The lowest BCUT2D eigenvalue weighted by atomic mass is 9.94. The van der Waals surface area contributed by atoms with Crippen molar-refractivity contribution in [2.45, 2.75) is 26.2 Å².